The van der Waals surface area contributed by atoms with E-state index in [4.69, 9.17) is 4.74 Å². The zero-order valence-corrected chi connectivity index (χ0v) is 16.5. The fourth-order valence-electron chi connectivity index (χ4n) is 3.36. The van der Waals surface area contributed by atoms with Crippen molar-refractivity contribution in [1.29, 1.82) is 5.26 Å². The van der Waals surface area contributed by atoms with Gasteiger partial charge in [-0.25, -0.2) is 9.97 Å². The lowest BCUT2D eigenvalue weighted by molar-refractivity contribution is 0.299. The van der Waals surface area contributed by atoms with Crippen LogP contribution < -0.4 is 5.32 Å². The van der Waals surface area contributed by atoms with Gasteiger partial charge in [0.1, 0.15) is 17.3 Å². The van der Waals surface area contributed by atoms with Crippen molar-refractivity contribution in [2.45, 2.75) is 0 Å². The van der Waals surface area contributed by atoms with E-state index in [0.717, 1.165) is 27.7 Å². The summed E-state index contributed by atoms with van der Waals surface area (Å²) in [5, 5.41) is 20.5. The van der Waals surface area contributed by atoms with Gasteiger partial charge in [0.15, 0.2) is 17.4 Å². The quantitative estimate of drug-likeness (QED) is 0.375. The summed E-state index contributed by atoms with van der Waals surface area (Å²) < 4.78 is 5.06. The van der Waals surface area contributed by atoms with Crippen molar-refractivity contribution < 1.29 is 4.74 Å². The van der Waals surface area contributed by atoms with Gasteiger partial charge in [-0.1, -0.05) is 6.07 Å². The molecule has 0 unspecified atom stereocenters. The molecule has 3 N–H and O–H groups in total. The maximum absolute atomic E-state index is 9.34. The standard InChI is InChI=1S/C22H16N8O/c1-12(31-2)26-16-6-14(9-24-11-16)15-7-17-20(29-30-21(17)25-10-15)22-27-18-5-3-4-13(8-23)19(18)28-22/h3-7,9-11,26H,1H2,2H3,(H,27,28)(H,25,29,30). The third-order valence-electron chi connectivity index (χ3n) is 4.88. The molecule has 9 heteroatoms. The maximum atomic E-state index is 9.34. The first kappa shape index (κ1) is 18.3. The first-order valence-electron chi connectivity index (χ1n) is 9.35. The van der Waals surface area contributed by atoms with Crippen molar-refractivity contribution in [2.24, 2.45) is 0 Å². The summed E-state index contributed by atoms with van der Waals surface area (Å²) in [7, 11) is 1.54. The number of hydrogen-bond donors (Lipinski definition) is 3. The van der Waals surface area contributed by atoms with E-state index in [2.05, 4.69) is 48.1 Å². The van der Waals surface area contributed by atoms with E-state index in [1.165, 1.54) is 0 Å². The normalized spacial score (nSPS) is 10.8. The molecule has 0 aliphatic rings. The lowest BCUT2D eigenvalue weighted by Gasteiger charge is -2.09. The number of fused-ring (bicyclic) bond motifs is 2. The Morgan fingerprint density at radius 1 is 1.19 bits per heavy atom. The second-order valence-corrected chi connectivity index (χ2v) is 6.81. The largest absolute Gasteiger partial charge is 0.483 e. The minimum Gasteiger partial charge on any atom is -0.483 e. The lowest BCUT2D eigenvalue weighted by atomic mass is 10.1. The molecule has 150 valence electrons. The van der Waals surface area contributed by atoms with Crippen molar-refractivity contribution in [1.82, 2.24) is 30.1 Å². The fourth-order valence-corrected chi connectivity index (χ4v) is 3.36. The molecule has 0 amide bonds. The van der Waals surface area contributed by atoms with Crippen molar-refractivity contribution in [2.75, 3.05) is 12.4 Å². The molecule has 9 nitrogen and oxygen atoms in total. The number of hydrogen-bond acceptors (Lipinski definition) is 7. The van der Waals surface area contributed by atoms with Crippen molar-refractivity contribution in [3.05, 3.63) is 66.9 Å². The van der Waals surface area contributed by atoms with Crippen LogP contribution in [0.5, 0.6) is 0 Å². The van der Waals surface area contributed by atoms with Crippen LogP contribution in [0, 0.1) is 11.3 Å². The number of aromatic nitrogens is 6. The summed E-state index contributed by atoms with van der Waals surface area (Å²) in [4.78, 5) is 16.6. The highest BCUT2D eigenvalue weighted by Crippen LogP contribution is 2.30. The predicted octanol–water partition coefficient (Wildman–Crippen LogP) is 3.96. The van der Waals surface area contributed by atoms with Crippen LogP contribution >= 0.6 is 0 Å². The first-order chi connectivity index (χ1) is 15.2. The van der Waals surface area contributed by atoms with Gasteiger partial charge in [0, 0.05) is 23.5 Å². The average Bonchev–Trinajstić information content (AvgIpc) is 3.42. The molecule has 5 aromatic rings. The number of benzene rings is 1. The molecule has 4 aromatic heterocycles. The second kappa shape index (κ2) is 7.27. The molecular formula is C22H16N8O. The van der Waals surface area contributed by atoms with Gasteiger partial charge in [0.05, 0.1) is 35.5 Å². The number of imidazole rings is 1. The maximum Gasteiger partial charge on any atom is 0.183 e. The van der Waals surface area contributed by atoms with Crippen LogP contribution in [0.2, 0.25) is 0 Å². The summed E-state index contributed by atoms with van der Waals surface area (Å²) in [5.41, 5.74) is 5.65. The average molecular weight is 408 g/mol. The number of pyridine rings is 2. The highest BCUT2D eigenvalue weighted by Gasteiger charge is 2.15. The second-order valence-electron chi connectivity index (χ2n) is 6.81. The van der Waals surface area contributed by atoms with E-state index in [0.29, 0.717) is 34.1 Å². The van der Waals surface area contributed by atoms with Crippen LogP contribution in [0.25, 0.3) is 44.7 Å². The number of nitrogens with zero attached hydrogens (tertiary/aromatic N) is 5. The number of nitrogens with one attached hydrogen (secondary N) is 3. The number of para-hydroxylation sites is 1. The SMILES string of the molecule is C=C(Nc1cncc(-c2cnc3n[nH]c(-c4nc5c(C#N)cccc5[nH]4)c3c2)c1)OC. The van der Waals surface area contributed by atoms with Crippen molar-refractivity contribution >= 4 is 27.8 Å². The molecular weight excluding hydrogens is 392 g/mol. The molecule has 0 radical (unpaired) electrons. The zero-order valence-electron chi connectivity index (χ0n) is 16.5. The van der Waals surface area contributed by atoms with Crippen LogP contribution in [0.3, 0.4) is 0 Å². The van der Waals surface area contributed by atoms with E-state index < -0.39 is 0 Å². The van der Waals surface area contributed by atoms with Gasteiger partial charge in [-0.05, 0) is 30.8 Å². The molecule has 0 saturated carbocycles. The third-order valence-corrected chi connectivity index (χ3v) is 4.88. The summed E-state index contributed by atoms with van der Waals surface area (Å²) in [6, 6.07) is 11.5. The number of aromatic amines is 2. The van der Waals surface area contributed by atoms with E-state index in [9.17, 15) is 5.26 Å². The number of H-pyrrole nitrogens is 2. The topological polar surface area (TPSA) is 128 Å². The first-order valence-corrected chi connectivity index (χ1v) is 9.35. The summed E-state index contributed by atoms with van der Waals surface area (Å²) >= 11 is 0. The molecule has 0 atom stereocenters. The predicted molar refractivity (Wildman–Crippen MR) is 117 cm³/mol. The number of methoxy groups -OCH3 is 1. The van der Waals surface area contributed by atoms with Gasteiger partial charge in [-0.15, -0.1) is 0 Å². The monoisotopic (exact) mass is 408 g/mol. The van der Waals surface area contributed by atoms with E-state index in [-0.39, 0.29) is 0 Å². The molecule has 31 heavy (non-hydrogen) atoms. The van der Waals surface area contributed by atoms with Gasteiger partial charge >= 0.3 is 0 Å². The molecule has 5 rings (SSSR count). The molecule has 0 spiro atoms. The van der Waals surface area contributed by atoms with Crippen molar-refractivity contribution in [3.63, 3.8) is 0 Å². The number of rotatable bonds is 5. The smallest absolute Gasteiger partial charge is 0.183 e. The van der Waals surface area contributed by atoms with Crippen molar-refractivity contribution in [3.8, 4) is 28.7 Å². The number of nitriles is 1. The Balaban J connectivity index is 1.59. The van der Waals surface area contributed by atoms with Gasteiger partial charge in [-0.2, -0.15) is 10.4 Å². The Bertz CT molecular complexity index is 1490. The minimum atomic E-state index is 0.422. The Hall–Kier alpha value is -4.71. The molecule has 0 saturated heterocycles. The summed E-state index contributed by atoms with van der Waals surface area (Å²) in [6.07, 6.45) is 5.18. The highest BCUT2D eigenvalue weighted by molar-refractivity contribution is 5.94. The third kappa shape index (κ3) is 3.22. The van der Waals surface area contributed by atoms with Gasteiger partial charge in [0.25, 0.3) is 0 Å². The highest BCUT2D eigenvalue weighted by atomic mass is 16.5. The molecule has 0 aliphatic carbocycles. The van der Waals surface area contributed by atoms with E-state index >= 15 is 0 Å². The summed E-state index contributed by atoms with van der Waals surface area (Å²) in [5.74, 6) is 1.01. The van der Waals surface area contributed by atoms with E-state index in [1.54, 1.807) is 31.8 Å². The lowest BCUT2D eigenvalue weighted by Crippen LogP contribution is -2.00. The molecule has 0 fully saturated rings. The number of ether oxygens (including phenoxy) is 1. The van der Waals surface area contributed by atoms with Gasteiger partial charge in [-0.3, -0.25) is 10.1 Å². The van der Waals surface area contributed by atoms with Crippen LogP contribution in [0.4, 0.5) is 5.69 Å². The van der Waals surface area contributed by atoms with Gasteiger partial charge in [0.2, 0.25) is 0 Å². The Kier molecular flexibility index (Phi) is 4.30. The fraction of sp³-hybridized carbons (Fsp3) is 0.0455. The molecule has 0 bridgehead atoms. The molecule has 4 heterocycles. The minimum absolute atomic E-state index is 0.422. The van der Waals surface area contributed by atoms with Crippen LogP contribution in [-0.4, -0.2) is 37.2 Å². The Morgan fingerprint density at radius 3 is 2.90 bits per heavy atom. The molecule has 0 aliphatic heterocycles. The zero-order chi connectivity index (χ0) is 21.4. The Labute approximate surface area is 176 Å². The van der Waals surface area contributed by atoms with E-state index in [1.807, 2.05) is 24.3 Å². The van der Waals surface area contributed by atoms with Crippen LogP contribution in [0.1, 0.15) is 5.56 Å². The Morgan fingerprint density at radius 2 is 2.06 bits per heavy atom. The van der Waals surface area contributed by atoms with Gasteiger partial charge < -0.3 is 15.0 Å². The number of anilines is 1. The van der Waals surface area contributed by atoms with Crippen LogP contribution in [-0.2, 0) is 4.74 Å². The summed E-state index contributed by atoms with van der Waals surface area (Å²) in [6.45, 7) is 3.76. The van der Waals surface area contributed by atoms with Crippen LogP contribution in [0.15, 0.2) is 61.4 Å². The molecule has 1 aromatic carbocycles.